The topological polar surface area (TPSA) is 96.4 Å². The van der Waals surface area contributed by atoms with Gasteiger partial charge in [0.25, 0.3) is 5.56 Å². The summed E-state index contributed by atoms with van der Waals surface area (Å²) in [5.41, 5.74) is 0.838. The zero-order valence-corrected chi connectivity index (χ0v) is 13.9. The molecule has 0 atom stereocenters. The molecule has 126 valence electrons. The summed E-state index contributed by atoms with van der Waals surface area (Å²) in [6.07, 6.45) is 1.43. The lowest BCUT2D eigenvalue weighted by molar-refractivity contribution is 0.628. The van der Waals surface area contributed by atoms with E-state index in [1.165, 1.54) is 34.4 Å². The summed E-state index contributed by atoms with van der Waals surface area (Å²) in [6, 6.07) is 6.01. The number of hydrogen-bond donors (Lipinski definition) is 2. The predicted molar refractivity (Wildman–Crippen MR) is 92.3 cm³/mol. The summed E-state index contributed by atoms with van der Waals surface area (Å²) in [7, 11) is 0. The molecule has 2 N–H and O–H groups in total. The van der Waals surface area contributed by atoms with Gasteiger partial charge in [0.05, 0.1) is 18.3 Å². The van der Waals surface area contributed by atoms with Gasteiger partial charge in [-0.1, -0.05) is 12.1 Å². The molecule has 25 heavy (non-hydrogen) atoms. The Morgan fingerprint density at radius 1 is 1.24 bits per heavy atom. The number of halogens is 1. The average Bonchev–Trinajstić information content (AvgIpc) is 3.14. The van der Waals surface area contributed by atoms with Crippen molar-refractivity contribution in [2.45, 2.75) is 13.5 Å². The third-order valence-electron chi connectivity index (χ3n) is 3.86. The van der Waals surface area contributed by atoms with Crippen LogP contribution in [0.15, 0.2) is 40.2 Å². The third kappa shape index (κ3) is 2.68. The van der Waals surface area contributed by atoms with Crippen molar-refractivity contribution in [1.82, 2.24) is 24.7 Å². The summed E-state index contributed by atoms with van der Waals surface area (Å²) in [5.74, 6) is 0.00231. The smallest absolute Gasteiger partial charge is 0.291 e. The van der Waals surface area contributed by atoms with Crippen molar-refractivity contribution in [3.8, 4) is 11.1 Å². The highest BCUT2D eigenvalue weighted by Gasteiger charge is 2.17. The van der Waals surface area contributed by atoms with E-state index in [0.717, 1.165) is 16.0 Å². The average molecular weight is 357 g/mol. The summed E-state index contributed by atoms with van der Waals surface area (Å²) in [5, 5.41) is 6.55. The van der Waals surface area contributed by atoms with Crippen molar-refractivity contribution < 1.29 is 4.39 Å². The van der Waals surface area contributed by atoms with Crippen LogP contribution in [-0.4, -0.2) is 24.7 Å². The second kappa shape index (κ2) is 5.78. The fraction of sp³-hybridized carbons (Fsp3) is 0.125. The number of aromatic nitrogens is 5. The molecule has 1 aromatic carbocycles. The molecule has 0 fully saturated rings. The molecular formula is C16H12FN5O2S. The summed E-state index contributed by atoms with van der Waals surface area (Å²) >= 11 is 1.41. The first kappa shape index (κ1) is 15.5. The van der Waals surface area contributed by atoms with E-state index < -0.39 is 5.69 Å². The van der Waals surface area contributed by atoms with Crippen LogP contribution < -0.4 is 11.2 Å². The second-order valence-corrected chi connectivity index (χ2v) is 6.73. The van der Waals surface area contributed by atoms with E-state index in [2.05, 4.69) is 20.2 Å². The van der Waals surface area contributed by atoms with Gasteiger partial charge in [-0.3, -0.25) is 14.3 Å². The van der Waals surface area contributed by atoms with Gasteiger partial charge in [0.15, 0.2) is 5.82 Å². The minimum Gasteiger partial charge on any atom is -0.291 e. The Balaban J connectivity index is 1.90. The van der Waals surface area contributed by atoms with Gasteiger partial charge in [0, 0.05) is 10.4 Å². The quantitative estimate of drug-likeness (QED) is 0.586. The molecule has 0 aliphatic carbocycles. The molecule has 0 aliphatic rings. The van der Waals surface area contributed by atoms with Crippen LogP contribution in [0.4, 0.5) is 4.39 Å². The maximum absolute atomic E-state index is 13.2. The maximum atomic E-state index is 13.2. The lowest BCUT2D eigenvalue weighted by Crippen LogP contribution is -2.21. The van der Waals surface area contributed by atoms with Crippen molar-refractivity contribution in [1.29, 1.82) is 0 Å². The van der Waals surface area contributed by atoms with Gasteiger partial charge < -0.3 is 0 Å². The van der Waals surface area contributed by atoms with Crippen LogP contribution >= 0.6 is 11.3 Å². The highest BCUT2D eigenvalue weighted by atomic mass is 32.1. The molecule has 0 saturated carbocycles. The monoisotopic (exact) mass is 357 g/mol. The molecule has 3 heterocycles. The van der Waals surface area contributed by atoms with Crippen LogP contribution in [0, 0.1) is 12.7 Å². The highest BCUT2D eigenvalue weighted by molar-refractivity contribution is 7.19. The lowest BCUT2D eigenvalue weighted by atomic mass is 10.0. The first-order valence-corrected chi connectivity index (χ1v) is 8.22. The Morgan fingerprint density at radius 2 is 2.00 bits per heavy atom. The summed E-state index contributed by atoms with van der Waals surface area (Å²) in [4.78, 5) is 32.5. The Bertz CT molecular complexity index is 1190. The van der Waals surface area contributed by atoms with Gasteiger partial charge >= 0.3 is 5.69 Å². The second-order valence-electron chi connectivity index (χ2n) is 5.52. The number of rotatable bonds is 3. The number of aryl methyl sites for hydroxylation is 1. The fourth-order valence-electron chi connectivity index (χ4n) is 2.76. The Hall–Kier alpha value is -3.07. The largest absolute Gasteiger partial charge is 0.340 e. The normalized spacial score (nSPS) is 11.3. The molecule has 0 radical (unpaired) electrons. The SMILES string of the molecule is Cc1sc2ncn(Cc3n[nH]c(=O)[nH]3)c(=O)c2c1-c1ccc(F)cc1. The summed E-state index contributed by atoms with van der Waals surface area (Å²) < 4.78 is 14.6. The highest BCUT2D eigenvalue weighted by Crippen LogP contribution is 2.35. The minimum atomic E-state index is -0.435. The molecule has 4 rings (SSSR count). The Labute approximate surface area is 143 Å². The molecule has 9 heteroatoms. The maximum Gasteiger partial charge on any atom is 0.340 e. The van der Waals surface area contributed by atoms with E-state index in [9.17, 15) is 14.0 Å². The van der Waals surface area contributed by atoms with Crippen molar-refractivity contribution >= 4 is 21.6 Å². The molecular weight excluding hydrogens is 345 g/mol. The Morgan fingerprint density at radius 3 is 2.68 bits per heavy atom. The molecule has 0 unspecified atom stereocenters. The van der Waals surface area contributed by atoms with Crippen LogP contribution in [0.1, 0.15) is 10.7 Å². The molecule has 7 nitrogen and oxygen atoms in total. The molecule has 3 aromatic heterocycles. The van der Waals surface area contributed by atoms with E-state index in [1.54, 1.807) is 12.1 Å². The number of hydrogen-bond acceptors (Lipinski definition) is 5. The van der Waals surface area contributed by atoms with E-state index in [-0.39, 0.29) is 17.9 Å². The number of benzene rings is 1. The number of aromatic amines is 2. The van der Waals surface area contributed by atoms with Gasteiger partial charge in [-0.05, 0) is 24.6 Å². The zero-order chi connectivity index (χ0) is 17.6. The standard InChI is InChI=1S/C16H12FN5O2S/c1-8-12(9-2-4-10(17)5-3-9)13-14(25-8)18-7-22(15(13)23)6-11-19-16(24)21-20-11/h2-5,7H,6H2,1H3,(H2,19,20,21,24). The van der Waals surface area contributed by atoms with Crippen LogP contribution in [-0.2, 0) is 6.54 Å². The first-order chi connectivity index (χ1) is 12.0. The lowest BCUT2D eigenvalue weighted by Gasteiger charge is -2.05. The van der Waals surface area contributed by atoms with E-state index >= 15 is 0 Å². The number of nitrogens with one attached hydrogen (secondary N) is 2. The van der Waals surface area contributed by atoms with Crippen LogP contribution in [0.5, 0.6) is 0 Å². The first-order valence-electron chi connectivity index (χ1n) is 7.41. The third-order valence-corrected chi connectivity index (χ3v) is 4.87. The molecule has 0 aliphatic heterocycles. The molecule has 4 aromatic rings. The minimum absolute atomic E-state index is 0.0955. The van der Waals surface area contributed by atoms with Gasteiger partial charge in [-0.2, -0.15) is 5.10 Å². The zero-order valence-electron chi connectivity index (χ0n) is 13.0. The summed E-state index contributed by atoms with van der Waals surface area (Å²) in [6.45, 7) is 2.00. The van der Waals surface area contributed by atoms with Crippen LogP contribution in [0.3, 0.4) is 0 Å². The van der Waals surface area contributed by atoms with Crippen molar-refractivity contribution in [2.24, 2.45) is 0 Å². The van der Waals surface area contributed by atoms with Gasteiger partial charge in [0.1, 0.15) is 10.6 Å². The van der Waals surface area contributed by atoms with Crippen molar-refractivity contribution in [2.75, 3.05) is 0 Å². The van der Waals surface area contributed by atoms with Gasteiger partial charge in [0.2, 0.25) is 0 Å². The number of thiophene rings is 1. The van der Waals surface area contributed by atoms with E-state index in [0.29, 0.717) is 16.0 Å². The number of fused-ring (bicyclic) bond motifs is 1. The number of nitrogens with zero attached hydrogens (tertiary/aromatic N) is 3. The van der Waals surface area contributed by atoms with Gasteiger partial charge in [-0.15, -0.1) is 11.3 Å². The van der Waals surface area contributed by atoms with Crippen molar-refractivity contribution in [3.05, 3.63) is 67.9 Å². The predicted octanol–water partition coefficient (Wildman–Crippen LogP) is 2.03. The molecule has 0 saturated heterocycles. The van der Waals surface area contributed by atoms with E-state index in [1.807, 2.05) is 6.92 Å². The van der Waals surface area contributed by atoms with Crippen molar-refractivity contribution in [3.63, 3.8) is 0 Å². The molecule has 0 bridgehead atoms. The van der Waals surface area contributed by atoms with Crippen LogP contribution in [0.2, 0.25) is 0 Å². The fourth-order valence-corrected chi connectivity index (χ4v) is 3.76. The molecule has 0 amide bonds. The Kier molecular flexibility index (Phi) is 3.57. The number of H-pyrrole nitrogens is 2. The van der Waals surface area contributed by atoms with Crippen LogP contribution in [0.25, 0.3) is 21.3 Å². The van der Waals surface area contributed by atoms with E-state index in [4.69, 9.17) is 0 Å². The van der Waals surface area contributed by atoms with Gasteiger partial charge in [-0.25, -0.2) is 19.3 Å². The molecule has 0 spiro atoms.